The van der Waals surface area contributed by atoms with Crippen molar-refractivity contribution in [3.05, 3.63) is 73.7 Å². The van der Waals surface area contributed by atoms with E-state index in [2.05, 4.69) is 20.8 Å². The summed E-state index contributed by atoms with van der Waals surface area (Å²) in [7, 11) is 4.05. The molecular weight excluding hydrogens is 426 g/mol. The Labute approximate surface area is 172 Å². The van der Waals surface area contributed by atoms with Gasteiger partial charge in [-0.2, -0.15) is 0 Å². The zero-order valence-electron chi connectivity index (χ0n) is 15.3. The van der Waals surface area contributed by atoms with Crippen LogP contribution in [0.2, 0.25) is 5.02 Å². The van der Waals surface area contributed by atoms with Crippen LogP contribution in [0, 0.1) is 0 Å². The van der Waals surface area contributed by atoms with Crippen molar-refractivity contribution in [1.29, 1.82) is 0 Å². The average molecular weight is 447 g/mol. The zero-order chi connectivity index (χ0) is 19.4. The topological polar surface area (TPSA) is 38.1 Å². The van der Waals surface area contributed by atoms with E-state index in [1.54, 1.807) is 22.8 Å². The first-order chi connectivity index (χ1) is 13.0. The lowest BCUT2D eigenvalue weighted by molar-refractivity contribution is 0.384. The van der Waals surface area contributed by atoms with E-state index in [1.807, 2.05) is 50.5 Å². The molecule has 1 aromatic heterocycles. The highest BCUT2D eigenvalue weighted by Crippen LogP contribution is 2.20. The largest absolute Gasteiger partial charge is 0.309 e. The summed E-state index contributed by atoms with van der Waals surface area (Å²) in [6.45, 7) is 1.51. The Hall–Kier alpha value is -1.95. The van der Waals surface area contributed by atoms with Crippen LogP contribution in [0.1, 0.15) is 17.8 Å². The highest BCUT2D eigenvalue weighted by molar-refractivity contribution is 9.10. The SMILES string of the molecule is CN(C)CCCn1c(/C=C/c2ccccc2Br)nc2cc(Cl)ccc2c1=O. The molecule has 0 N–H and O–H groups in total. The molecule has 0 atom stereocenters. The molecular formula is C21H21BrClN3O. The van der Waals surface area contributed by atoms with E-state index in [0.717, 1.165) is 23.0 Å². The molecule has 0 aliphatic carbocycles. The predicted octanol–water partition coefficient (Wildman–Crippen LogP) is 4.93. The van der Waals surface area contributed by atoms with Crippen molar-refractivity contribution in [1.82, 2.24) is 14.5 Å². The van der Waals surface area contributed by atoms with Gasteiger partial charge in [-0.25, -0.2) is 4.98 Å². The highest BCUT2D eigenvalue weighted by atomic mass is 79.9. The van der Waals surface area contributed by atoms with Gasteiger partial charge in [0.1, 0.15) is 5.82 Å². The minimum absolute atomic E-state index is 0.0396. The third-order valence-corrected chi connectivity index (χ3v) is 5.21. The summed E-state index contributed by atoms with van der Waals surface area (Å²) >= 11 is 9.64. The van der Waals surface area contributed by atoms with E-state index in [4.69, 9.17) is 16.6 Å². The Morgan fingerprint density at radius 1 is 1.19 bits per heavy atom. The molecule has 6 heteroatoms. The molecule has 0 saturated carbocycles. The Kier molecular flexibility index (Phi) is 6.47. The van der Waals surface area contributed by atoms with Crippen LogP contribution in [0.5, 0.6) is 0 Å². The van der Waals surface area contributed by atoms with E-state index in [9.17, 15) is 4.79 Å². The van der Waals surface area contributed by atoms with Gasteiger partial charge >= 0.3 is 0 Å². The summed E-state index contributed by atoms with van der Waals surface area (Å²) in [5.74, 6) is 0.629. The lowest BCUT2D eigenvalue weighted by Gasteiger charge is -2.14. The molecule has 3 rings (SSSR count). The minimum Gasteiger partial charge on any atom is -0.309 e. The van der Waals surface area contributed by atoms with Crippen LogP contribution >= 0.6 is 27.5 Å². The van der Waals surface area contributed by atoms with Gasteiger partial charge in [-0.1, -0.05) is 51.8 Å². The first-order valence-corrected chi connectivity index (χ1v) is 9.90. The molecule has 27 heavy (non-hydrogen) atoms. The van der Waals surface area contributed by atoms with E-state index >= 15 is 0 Å². The molecule has 0 radical (unpaired) electrons. The van der Waals surface area contributed by atoms with Crippen molar-refractivity contribution >= 4 is 50.6 Å². The van der Waals surface area contributed by atoms with Gasteiger partial charge in [0, 0.05) is 16.0 Å². The third-order valence-electron chi connectivity index (χ3n) is 4.25. The molecule has 1 heterocycles. The first-order valence-electron chi connectivity index (χ1n) is 8.73. The van der Waals surface area contributed by atoms with Crippen molar-refractivity contribution < 1.29 is 0 Å². The Morgan fingerprint density at radius 2 is 1.96 bits per heavy atom. The van der Waals surface area contributed by atoms with Crippen molar-refractivity contribution in [2.75, 3.05) is 20.6 Å². The van der Waals surface area contributed by atoms with Gasteiger partial charge in [-0.05, 0) is 63.0 Å². The Balaban J connectivity index is 2.07. The summed E-state index contributed by atoms with van der Waals surface area (Å²) in [5, 5.41) is 1.16. The summed E-state index contributed by atoms with van der Waals surface area (Å²) < 4.78 is 2.74. The fourth-order valence-electron chi connectivity index (χ4n) is 2.87. The van der Waals surface area contributed by atoms with Crippen molar-refractivity contribution in [2.24, 2.45) is 0 Å². The second-order valence-corrected chi connectivity index (χ2v) is 7.89. The maximum atomic E-state index is 13.0. The van der Waals surface area contributed by atoms with Gasteiger partial charge in [0.15, 0.2) is 0 Å². The lowest BCUT2D eigenvalue weighted by Crippen LogP contribution is -2.26. The molecule has 2 aromatic carbocycles. The molecule has 0 aliphatic heterocycles. The van der Waals surface area contributed by atoms with E-state index in [-0.39, 0.29) is 5.56 Å². The third kappa shape index (κ3) is 4.86. The van der Waals surface area contributed by atoms with Crippen LogP contribution in [0.15, 0.2) is 51.7 Å². The normalized spacial score (nSPS) is 11.7. The van der Waals surface area contributed by atoms with E-state index in [0.29, 0.717) is 28.3 Å². The molecule has 0 bridgehead atoms. The molecule has 0 saturated heterocycles. The molecule has 0 aliphatic rings. The predicted molar refractivity (Wildman–Crippen MR) is 117 cm³/mol. The van der Waals surface area contributed by atoms with Gasteiger partial charge < -0.3 is 4.90 Å². The van der Waals surface area contributed by atoms with Crippen LogP contribution < -0.4 is 5.56 Å². The van der Waals surface area contributed by atoms with Crippen molar-refractivity contribution in [3.8, 4) is 0 Å². The first kappa shape index (κ1) is 19.8. The molecule has 4 nitrogen and oxygen atoms in total. The van der Waals surface area contributed by atoms with Gasteiger partial charge in [-0.15, -0.1) is 0 Å². The number of nitrogens with zero attached hydrogens (tertiary/aromatic N) is 3. The standard InChI is InChI=1S/C21H21BrClN3O/c1-25(2)12-5-13-26-20(11-8-15-6-3-4-7-18(15)22)24-19-14-16(23)9-10-17(19)21(26)27/h3-4,6-11,14H,5,12-13H2,1-2H3/b11-8+. The molecule has 3 aromatic rings. The number of rotatable bonds is 6. The summed E-state index contributed by atoms with van der Waals surface area (Å²) in [6, 6.07) is 13.1. The fourth-order valence-corrected chi connectivity index (χ4v) is 3.46. The molecule has 140 valence electrons. The number of fused-ring (bicyclic) bond motifs is 1. The van der Waals surface area contributed by atoms with E-state index < -0.39 is 0 Å². The van der Waals surface area contributed by atoms with Gasteiger partial charge in [0.25, 0.3) is 5.56 Å². The van der Waals surface area contributed by atoms with Crippen molar-refractivity contribution in [3.63, 3.8) is 0 Å². The van der Waals surface area contributed by atoms with Gasteiger partial charge in [0.2, 0.25) is 0 Å². The zero-order valence-corrected chi connectivity index (χ0v) is 17.7. The number of halogens is 2. The number of aromatic nitrogens is 2. The van der Waals surface area contributed by atoms with Gasteiger partial charge in [-0.3, -0.25) is 9.36 Å². The fraction of sp³-hybridized carbons (Fsp3) is 0.238. The average Bonchev–Trinajstić information content (AvgIpc) is 2.62. The molecule has 0 amide bonds. The second-order valence-electron chi connectivity index (χ2n) is 6.60. The molecule has 0 unspecified atom stereocenters. The highest BCUT2D eigenvalue weighted by Gasteiger charge is 2.10. The number of hydrogen-bond acceptors (Lipinski definition) is 3. The van der Waals surface area contributed by atoms with Crippen LogP contribution in [-0.4, -0.2) is 35.1 Å². The minimum atomic E-state index is -0.0396. The van der Waals surface area contributed by atoms with Gasteiger partial charge in [0.05, 0.1) is 10.9 Å². The second kappa shape index (κ2) is 8.83. The smallest absolute Gasteiger partial charge is 0.261 e. The quantitative estimate of drug-likeness (QED) is 0.538. The van der Waals surface area contributed by atoms with Crippen LogP contribution in [0.25, 0.3) is 23.1 Å². The maximum absolute atomic E-state index is 13.0. The lowest BCUT2D eigenvalue weighted by atomic mass is 10.2. The number of hydrogen-bond donors (Lipinski definition) is 0. The van der Waals surface area contributed by atoms with Crippen LogP contribution in [0.4, 0.5) is 0 Å². The summed E-state index contributed by atoms with van der Waals surface area (Å²) in [4.78, 5) is 19.8. The summed E-state index contributed by atoms with van der Waals surface area (Å²) in [5.41, 5.74) is 1.60. The monoisotopic (exact) mass is 445 g/mol. The van der Waals surface area contributed by atoms with E-state index in [1.165, 1.54) is 0 Å². The molecule has 0 fully saturated rings. The Bertz CT molecular complexity index is 1040. The number of benzene rings is 2. The molecule has 0 spiro atoms. The Morgan fingerprint density at radius 3 is 2.70 bits per heavy atom. The van der Waals surface area contributed by atoms with Crippen LogP contribution in [-0.2, 0) is 6.54 Å². The maximum Gasteiger partial charge on any atom is 0.261 e. The summed E-state index contributed by atoms with van der Waals surface area (Å²) in [6.07, 6.45) is 4.71. The van der Waals surface area contributed by atoms with Crippen LogP contribution in [0.3, 0.4) is 0 Å². The van der Waals surface area contributed by atoms with Crippen molar-refractivity contribution in [2.45, 2.75) is 13.0 Å².